The van der Waals surface area contributed by atoms with Gasteiger partial charge in [0.05, 0.1) is 0 Å². The molecule has 0 aliphatic rings. The molecule has 0 radical (unpaired) electrons. The lowest BCUT2D eigenvalue weighted by atomic mass is 10.1. The van der Waals surface area contributed by atoms with Gasteiger partial charge in [-0.3, -0.25) is 4.79 Å². The van der Waals surface area contributed by atoms with Crippen LogP contribution in [0.2, 0.25) is 0 Å². The molecule has 1 N–H and O–H groups in total. The minimum absolute atomic E-state index is 0.00718. The van der Waals surface area contributed by atoms with Crippen molar-refractivity contribution in [3.63, 3.8) is 0 Å². The Kier molecular flexibility index (Phi) is 5.49. The van der Waals surface area contributed by atoms with Gasteiger partial charge in [0.15, 0.2) is 0 Å². The van der Waals surface area contributed by atoms with Gasteiger partial charge in [-0.1, -0.05) is 37.9 Å². The van der Waals surface area contributed by atoms with Gasteiger partial charge in [-0.25, -0.2) is 0 Å². The highest BCUT2D eigenvalue weighted by atomic mass is 79.9. The zero-order valence-corrected chi connectivity index (χ0v) is 12.6. The van der Waals surface area contributed by atoms with Crippen LogP contribution in [0.15, 0.2) is 22.7 Å². The van der Waals surface area contributed by atoms with E-state index < -0.39 is 0 Å². The van der Waals surface area contributed by atoms with E-state index in [4.69, 9.17) is 0 Å². The molecule has 16 heavy (non-hydrogen) atoms. The first-order chi connectivity index (χ1) is 7.54. The summed E-state index contributed by atoms with van der Waals surface area (Å²) >= 11 is 6.74. The van der Waals surface area contributed by atoms with Crippen LogP contribution in [0.3, 0.4) is 0 Å². The topological polar surface area (TPSA) is 29.1 Å². The van der Waals surface area contributed by atoms with Crippen molar-refractivity contribution in [3.8, 4) is 0 Å². The molecule has 0 aliphatic carbocycles. The maximum absolute atomic E-state index is 12.0. The molecule has 2 nitrogen and oxygen atoms in total. The lowest BCUT2D eigenvalue weighted by molar-refractivity contribution is 0.0939. The maximum atomic E-state index is 12.0. The second kappa shape index (κ2) is 6.40. The quantitative estimate of drug-likeness (QED) is 0.826. The number of rotatable bonds is 4. The molecule has 1 aromatic carbocycles. The minimum atomic E-state index is -0.00718. The van der Waals surface area contributed by atoms with Crippen LogP contribution >= 0.6 is 31.9 Å². The molecule has 1 amide bonds. The summed E-state index contributed by atoms with van der Waals surface area (Å²) in [5.74, 6) is -0.00718. The molecule has 1 atom stereocenters. The number of hydrogen-bond donors (Lipinski definition) is 1. The molecule has 0 heterocycles. The van der Waals surface area contributed by atoms with Gasteiger partial charge in [-0.2, -0.15) is 0 Å². The van der Waals surface area contributed by atoms with Crippen LogP contribution in [0.4, 0.5) is 0 Å². The molecule has 1 rings (SSSR count). The molecule has 0 aromatic heterocycles. The lowest BCUT2D eigenvalue weighted by Crippen LogP contribution is -2.33. The Labute approximate surface area is 113 Å². The van der Waals surface area contributed by atoms with E-state index >= 15 is 0 Å². The van der Waals surface area contributed by atoms with E-state index in [0.717, 1.165) is 27.4 Å². The normalized spacial score (nSPS) is 12.2. The number of carbonyl (C=O) groups excluding carboxylic acids is 1. The molecule has 0 fully saturated rings. The first kappa shape index (κ1) is 13.7. The average molecular weight is 349 g/mol. The molecular formula is C12H15Br2NO. The fourth-order valence-electron chi connectivity index (χ4n) is 1.38. The van der Waals surface area contributed by atoms with Crippen LogP contribution < -0.4 is 5.32 Å². The number of halogens is 2. The van der Waals surface area contributed by atoms with Crippen LogP contribution in [0.5, 0.6) is 0 Å². The van der Waals surface area contributed by atoms with Crippen molar-refractivity contribution in [1.82, 2.24) is 5.32 Å². The van der Waals surface area contributed by atoms with Crippen molar-refractivity contribution >= 4 is 37.8 Å². The predicted octanol–water partition coefficient (Wildman–Crippen LogP) is 3.66. The smallest absolute Gasteiger partial charge is 0.251 e. The van der Waals surface area contributed by atoms with Gasteiger partial charge in [-0.05, 0) is 38.0 Å². The van der Waals surface area contributed by atoms with E-state index in [1.54, 1.807) is 0 Å². The molecule has 1 aromatic rings. The molecule has 0 aliphatic heterocycles. The van der Waals surface area contributed by atoms with Gasteiger partial charge in [-0.15, -0.1) is 0 Å². The summed E-state index contributed by atoms with van der Waals surface area (Å²) < 4.78 is 0.927. The monoisotopic (exact) mass is 347 g/mol. The Balaban J connectivity index is 2.76. The molecule has 1 unspecified atom stereocenters. The number of nitrogens with one attached hydrogen (secondary N) is 1. The summed E-state index contributed by atoms with van der Waals surface area (Å²) in [5.41, 5.74) is 1.72. The zero-order chi connectivity index (χ0) is 12.1. The number of carbonyl (C=O) groups is 1. The van der Waals surface area contributed by atoms with Crippen LogP contribution in [0.1, 0.15) is 29.3 Å². The Bertz CT molecular complexity index is 379. The standard InChI is InChI=1S/C12H15Br2NO/c1-8-3-4-10(14)7-11(8)12(16)15-9(2)5-6-13/h3-4,7,9H,5-6H2,1-2H3,(H,15,16). The first-order valence-electron chi connectivity index (χ1n) is 5.17. The highest BCUT2D eigenvalue weighted by molar-refractivity contribution is 9.10. The first-order valence-corrected chi connectivity index (χ1v) is 7.09. The molecule has 88 valence electrons. The highest BCUT2D eigenvalue weighted by Gasteiger charge is 2.11. The van der Waals surface area contributed by atoms with Crippen molar-refractivity contribution in [3.05, 3.63) is 33.8 Å². The van der Waals surface area contributed by atoms with E-state index in [9.17, 15) is 4.79 Å². The predicted molar refractivity (Wildman–Crippen MR) is 74.2 cm³/mol. The third-order valence-electron chi connectivity index (χ3n) is 2.36. The van der Waals surface area contributed by atoms with E-state index in [1.807, 2.05) is 32.0 Å². The summed E-state index contributed by atoms with van der Waals surface area (Å²) in [5, 5.41) is 3.87. The fraction of sp³-hybridized carbons (Fsp3) is 0.417. The Hall–Kier alpha value is -0.350. The van der Waals surface area contributed by atoms with Gasteiger partial charge >= 0.3 is 0 Å². The molecule has 4 heteroatoms. The Morgan fingerprint density at radius 2 is 2.19 bits per heavy atom. The van der Waals surface area contributed by atoms with Crippen LogP contribution in [0, 0.1) is 6.92 Å². The second-order valence-corrected chi connectivity index (χ2v) is 5.52. The van der Waals surface area contributed by atoms with E-state index in [0.29, 0.717) is 0 Å². The highest BCUT2D eigenvalue weighted by Crippen LogP contribution is 2.16. The minimum Gasteiger partial charge on any atom is -0.350 e. The summed E-state index contributed by atoms with van der Waals surface area (Å²) in [6.45, 7) is 3.95. The maximum Gasteiger partial charge on any atom is 0.251 e. The molecular weight excluding hydrogens is 334 g/mol. The van der Waals surface area contributed by atoms with Crippen molar-refractivity contribution in [2.45, 2.75) is 26.3 Å². The number of aryl methyl sites for hydroxylation is 1. The summed E-state index contributed by atoms with van der Waals surface area (Å²) in [6.07, 6.45) is 0.929. The fourth-order valence-corrected chi connectivity index (χ4v) is 2.42. The van der Waals surface area contributed by atoms with Gasteiger partial charge in [0, 0.05) is 21.4 Å². The van der Waals surface area contributed by atoms with Crippen LogP contribution in [-0.2, 0) is 0 Å². The van der Waals surface area contributed by atoms with E-state index in [1.165, 1.54) is 0 Å². The van der Waals surface area contributed by atoms with E-state index in [2.05, 4.69) is 37.2 Å². The molecule has 0 saturated carbocycles. The molecule has 0 bridgehead atoms. The number of alkyl halides is 1. The van der Waals surface area contributed by atoms with Gasteiger partial charge in [0.25, 0.3) is 5.91 Å². The zero-order valence-electron chi connectivity index (χ0n) is 9.39. The summed E-state index contributed by atoms with van der Waals surface area (Å²) in [4.78, 5) is 12.0. The van der Waals surface area contributed by atoms with Crippen molar-refractivity contribution in [1.29, 1.82) is 0 Å². The van der Waals surface area contributed by atoms with Crippen molar-refractivity contribution in [2.24, 2.45) is 0 Å². The largest absolute Gasteiger partial charge is 0.350 e. The number of amides is 1. The number of benzene rings is 1. The third-order valence-corrected chi connectivity index (χ3v) is 3.31. The van der Waals surface area contributed by atoms with Crippen molar-refractivity contribution in [2.75, 3.05) is 5.33 Å². The third kappa shape index (κ3) is 3.91. The van der Waals surface area contributed by atoms with E-state index in [-0.39, 0.29) is 11.9 Å². The van der Waals surface area contributed by atoms with Gasteiger partial charge < -0.3 is 5.32 Å². The summed E-state index contributed by atoms with van der Waals surface area (Å²) in [7, 11) is 0. The van der Waals surface area contributed by atoms with Crippen LogP contribution in [-0.4, -0.2) is 17.3 Å². The van der Waals surface area contributed by atoms with Crippen molar-refractivity contribution < 1.29 is 4.79 Å². The SMILES string of the molecule is Cc1ccc(Br)cc1C(=O)NC(C)CCBr. The lowest BCUT2D eigenvalue weighted by Gasteiger charge is -2.13. The Morgan fingerprint density at radius 1 is 1.50 bits per heavy atom. The summed E-state index contributed by atoms with van der Waals surface area (Å²) in [6, 6.07) is 5.92. The van der Waals surface area contributed by atoms with Crippen LogP contribution in [0.25, 0.3) is 0 Å². The Morgan fingerprint density at radius 3 is 2.81 bits per heavy atom. The average Bonchev–Trinajstić information content (AvgIpc) is 2.21. The van der Waals surface area contributed by atoms with Gasteiger partial charge in [0.2, 0.25) is 0 Å². The number of hydrogen-bond acceptors (Lipinski definition) is 1. The molecule has 0 saturated heterocycles. The van der Waals surface area contributed by atoms with Gasteiger partial charge in [0.1, 0.15) is 0 Å². The molecule has 0 spiro atoms. The second-order valence-electron chi connectivity index (χ2n) is 3.81.